The highest BCUT2D eigenvalue weighted by atomic mass is 32.1. The zero-order chi connectivity index (χ0) is 40.3. The Hall–Kier alpha value is -7.72. The molecular formula is C58H37NOS. The maximum Gasteiger partial charge on any atom is 0.136 e. The Morgan fingerprint density at radius 2 is 0.852 bits per heavy atom. The van der Waals surface area contributed by atoms with Crippen LogP contribution in [0.3, 0.4) is 0 Å². The minimum absolute atomic E-state index is 0.898. The lowest BCUT2D eigenvalue weighted by molar-refractivity contribution is 0.669. The standard InChI is InChI=1S/C58H37NOS/c1-2-10-38(11-3-1)40-18-21-43(22-19-40)49-34-35-53-52-15-7-9-17-56(52)61-58(53)57(49)59(47-29-24-41(25-30-47)45-23-20-39-12-4-5-13-44(39)36-45)48-31-26-42(27-32-48)46-28-33-51-50-14-6-8-16-54(50)60-55(51)37-46/h1-37H. The van der Waals surface area contributed by atoms with E-state index in [0.29, 0.717) is 0 Å². The summed E-state index contributed by atoms with van der Waals surface area (Å²) in [4.78, 5) is 2.47. The van der Waals surface area contributed by atoms with Crippen molar-refractivity contribution in [2.75, 3.05) is 4.90 Å². The average molecular weight is 796 g/mol. The summed E-state index contributed by atoms with van der Waals surface area (Å²) in [5.74, 6) is 0. The van der Waals surface area contributed by atoms with Crippen molar-refractivity contribution in [1.82, 2.24) is 0 Å². The van der Waals surface area contributed by atoms with Crippen LogP contribution in [-0.2, 0) is 0 Å². The minimum atomic E-state index is 0.898. The molecule has 0 N–H and O–H groups in total. The molecule has 2 heterocycles. The molecule has 0 fully saturated rings. The molecule has 0 atom stereocenters. The second kappa shape index (κ2) is 14.5. The van der Waals surface area contributed by atoms with Gasteiger partial charge in [0.05, 0.1) is 10.4 Å². The molecule has 10 aromatic carbocycles. The number of nitrogens with zero attached hydrogens (tertiary/aromatic N) is 1. The van der Waals surface area contributed by atoms with Gasteiger partial charge in [0, 0.05) is 43.2 Å². The molecule has 0 saturated heterocycles. The van der Waals surface area contributed by atoms with Crippen molar-refractivity contribution in [2.45, 2.75) is 0 Å². The molecule has 0 unspecified atom stereocenters. The Kier molecular flexibility index (Phi) is 8.39. The summed E-state index contributed by atoms with van der Waals surface area (Å²) in [6.07, 6.45) is 0. The van der Waals surface area contributed by atoms with Gasteiger partial charge >= 0.3 is 0 Å². The number of hydrogen-bond donors (Lipinski definition) is 0. The third-order valence-electron chi connectivity index (χ3n) is 12.1. The number of hydrogen-bond acceptors (Lipinski definition) is 3. The maximum atomic E-state index is 6.30. The van der Waals surface area contributed by atoms with Gasteiger partial charge in [0.15, 0.2) is 0 Å². The lowest BCUT2D eigenvalue weighted by Gasteiger charge is -2.29. The van der Waals surface area contributed by atoms with Crippen molar-refractivity contribution >= 4 is 81.3 Å². The van der Waals surface area contributed by atoms with Crippen molar-refractivity contribution in [3.05, 3.63) is 224 Å². The Bertz CT molecular complexity index is 3560. The van der Waals surface area contributed by atoms with E-state index in [1.165, 1.54) is 70.0 Å². The highest BCUT2D eigenvalue weighted by Crippen LogP contribution is 2.50. The second-order valence-corrected chi connectivity index (χ2v) is 16.7. The van der Waals surface area contributed by atoms with E-state index >= 15 is 0 Å². The van der Waals surface area contributed by atoms with Crippen molar-refractivity contribution in [1.29, 1.82) is 0 Å². The van der Waals surface area contributed by atoms with Gasteiger partial charge < -0.3 is 9.32 Å². The third kappa shape index (κ3) is 6.18. The monoisotopic (exact) mass is 795 g/mol. The van der Waals surface area contributed by atoms with Crippen molar-refractivity contribution in [3.63, 3.8) is 0 Å². The van der Waals surface area contributed by atoms with Crippen LogP contribution >= 0.6 is 11.3 Å². The van der Waals surface area contributed by atoms with Gasteiger partial charge in [-0.25, -0.2) is 0 Å². The summed E-state index contributed by atoms with van der Waals surface area (Å²) >= 11 is 1.87. The Morgan fingerprint density at radius 1 is 0.328 bits per heavy atom. The SMILES string of the molecule is c1ccc(-c2ccc(-c3ccc4c(sc5ccccc54)c3N(c3ccc(-c4ccc5ccccc5c4)cc3)c3ccc(-c4ccc5c(c4)oc4ccccc45)cc3)cc2)cc1. The lowest BCUT2D eigenvalue weighted by atomic mass is 9.96. The van der Waals surface area contributed by atoms with Crippen LogP contribution in [0.15, 0.2) is 229 Å². The van der Waals surface area contributed by atoms with Crippen LogP contribution in [0.2, 0.25) is 0 Å². The lowest BCUT2D eigenvalue weighted by Crippen LogP contribution is -2.11. The number of benzene rings is 10. The Morgan fingerprint density at radius 3 is 1.62 bits per heavy atom. The number of para-hydroxylation sites is 1. The molecule has 0 aliphatic carbocycles. The third-order valence-corrected chi connectivity index (χ3v) is 13.3. The normalized spacial score (nSPS) is 11.6. The van der Waals surface area contributed by atoms with Gasteiger partial charge in [0.1, 0.15) is 11.2 Å². The summed E-state index contributed by atoms with van der Waals surface area (Å²) in [6.45, 7) is 0. The van der Waals surface area contributed by atoms with E-state index in [9.17, 15) is 0 Å². The largest absolute Gasteiger partial charge is 0.456 e. The maximum absolute atomic E-state index is 6.30. The first-order valence-electron chi connectivity index (χ1n) is 20.7. The van der Waals surface area contributed by atoms with E-state index in [2.05, 4.69) is 217 Å². The first-order valence-corrected chi connectivity index (χ1v) is 21.5. The van der Waals surface area contributed by atoms with E-state index in [1.54, 1.807) is 0 Å². The zero-order valence-corrected chi connectivity index (χ0v) is 33.9. The van der Waals surface area contributed by atoms with Gasteiger partial charge in [0.25, 0.3) is 0 Å². The predicted octanol–water partition coefficient (Wildman–Crippen LogP) is 17.2. The summed E-state index contributed by atoms with van der Waals surface area (Å²) < 4.78 is 8.83. The highest BCUT2D eigenvalue weighted by Gasteiger charge is 2.23. The smallest absolute Gasteiger partial charge is 0.136 e. The van der Waals surface area contributed by atoms with Crippen molar-refractivity contribution < 1.29 is 4.42 Å². The quantitative estimate of drug-likeness (QED) is 0.160. The molecule has 0 aliphatic heterocycles. The predicted molar refractivity (Wildman–Crippen MR) is 261 cm³/mol. The van der Waals surface area contributed by atoms with E-state index in [0.717, 1.165) is 44.4 Å². The van der Waals surface area contributed by atoms with Gasteiger partial charge in [-0.3, -0.25) is 0 Å². The van der Waals surface area contributed by atoms with Gasteiger partial charge in [-0.05, 0) is 104 Å². The van der Waals surface area contributed by atoms with Gasteiger partial charge in [-0.1, -0.05) is 170 Å². The number of fused-ring (bicyclic) bond motifs is 7. The van der Waals surface area contributed by atoms with E-state index < -0.39 is 0 Å². The Labute approximate surface area is 357 Å². The summed E-state index contributed by atoms with van der Waals surface area (Å²) in [5.41, 5.74) is 14.5. The fraction of sp³-hybridized carbons (Fsp3) is 0. The molecular weight excluding hydrogens is 759 g/mol. The molecule has 0 radical (unpaired) electrons. The van der Waals surface area contributed by atoms with E-state index in [-0.39, 0.29) is 0 Å². The molecule has 61 heavy (non-hydrogen) atoms. The fourth-order valence-electron chi connectivity index (χ4n) is 8.99. The average Bonchev–Trinajstić information content (AvgIpc) is 3.91. The molecule has 2 nitrogen and oxygen atoms in total. The zero-order valence-electron chi connectivity index (χ0n) is 33.1. The molecule has 0 saturated carbocycles. The summed E-state index contributed by atoms with van der Waals surface area (Å²) in [7, 11) is 0. The van der Waals surface area contributed by atoms with Crippen molar-refractivity contribution in [2.24, 2.45) is 0 Å². The number of thiophene rings is 1. The fourth-order valence-corrected chi connectivity index (χ4v) is 10.2. The molecule has 286 valence electrons. The summed E-state index contributed by atoms with van der Waals surface area (Å²) in [5, 5.41) is 7.30. The summed E-state index contributed by atoms with van der Waals surface area (Å²) in [6, 6.07) is 81.3. The number of furan rings is 1. The molecule has 3 heteroatoms. The van der Waals surface area contributed by atoms with Crippen LogP contribution in [0.25, 0.3) is 97.4 Å². The van der Waals surface area contributed by atoms with Crippen LogP contribution in [-0.4, -0.2) is 0 Å². The van der Waals surface area contributed by atoms with Crippen LogP contribution in [0, 0.1) is 0 Å². The minimum Gasteiger partial charge on any atom is -0.456 e. The second-order valence-electron chi connectivity index (χ2n) is 15.7. The molecule has 2 aromatic heterocycles. The van der Waals surface area contributed by atoms with E-state index in [4.69, 9.17) is 4.42 Å². The molecule has 12 rings (SSSR count). The molecule has 12 aromatic rings. The first kappa shape index (κ1) is 35.2. The van der Waals surface area contributed by atoms with Gasteiger partial charge in [0.2, 0.25) is 0 Å². The van der Waals surface area contributed by atoms with Crippen molar-refractivity contribution in [3.8, 4) is 44.5 Å². The first-order chi connectivity index (χ1) is 30.2. The van der Waals surface area contributed by atoms with Gasteiger partial charge in [-0.2, -0.15) is 0 Å². The van der Waals surface area contributed by atoms with E-state index in [1.807, 2.05) is 23.5 Å². The molecule has 0 spiro atoms. The molecule has 0 bridgehead atoms. The molecule has 0 aliphatic rings. The topological polar surface area (TPSA) is 16.4 Å². The highest BCUT2D eigenvalue weighted by molar-refractivity contribution is 7.26. The number of rotatable bonds is 7. The van der Waals surface area contributed by atoms with Crippen LogP contribution in [0.4, 0.5) is 17.1 Å². The van der Waals surface area contributed by atoms with Crippen LogP contribution in [0.5, 0.6) is 0 Å². The van der Waals surface area contributed by atoms with Crippen LogP contribution < -0.4 is 4.90 Å². The molecule has 0 amide bonds. The van der Waals surface area contributed by atoms with Crippen LogP contribution in [0.1, 0.15) is 0 Å². The van der Waals surface area contributed by atoms with Gasteiger partial charge in [-0.15, -0.1) is 11.3 Å². The Balaban J connectivity index is 1.04. The number of anilines is 3.